The average Bonchev–Trinajstić information content (AvgIpc) is 3.53. The standard InChI is InChI=1S/C22H28N2O4S/c1-16-4-11-21(14-17(16)2)29(26,27)23-13-12-22(25)24(19-7-8-19)15-18-5-9-20(28-3)10-6-18/h4-6,9-11,14,19,23H,7-8,12-13,15H2,1-3H3. The molecule has 1 N–H and O–H groups in total. The number of methoxy groups -OCH3 is 1. The summed E-state index contributed by atoms with van der Waals surface area (Å²) in [7, 11) is -2.01. The number of hydrogen-bond donors (Lipinski definition) is 1. The van der Waals surface area contributed by atoms with Gasteiger partial charge in [0.1, 0.15) is 5.75 Å². The molecule has 29 heavy (non-hydrogen) atoms. The van der Waals surface area contributed by atoms with E-state index in [4.69, 9.17) is 4.74 Å². The van der Waals surface area contributed by atoms with Gasteiger partial charge in [-0.2, -0.15) is 0 Å². The van der Waals surface area contributed by atoms with Crippen molar-refractivity contribution in [2.24, 2.45) is 0 Å². The van der Waals surface area contributed by atoms with E-state index in [1.807, 2.05) is 43.0 Å². The maximum atomic E-state index is 12.7. The minimum absolute atomic E-state index is 0.0360. The maximum Gasteiger partial charge on any atom is 0.240 e. The zero-order valence-corrected chi connectivity index (χ0v) is 18.0. The molecule has 0 atom stereocenters. The Morgan fingerprint density at radius 3 is 2.38 bits per heavy atom. The Balaban J connectivity index is 1.58. The molecule has 6 nitrogen and oxygen atoms in total. The van der Waals surface area contributed by atoms with Crippen LogP contribution in [-0.4, -0.2) is 38.9 Å². The maximum absolute atomic E-state index is 12.7. The van der Waals surface area contributed by atoms with E-state index in [0.29, 0.717) is 6.54 Å². The minimum Gasteiger partial charge on any atom is -0.497 e. The van der Waals surface area contributed by atoms with Crippen LogP contribution in [0.15, 0.2) is 47.4 Å². The molecule has 2 aromatic rings. The fourth-order valence-electron chi connectivity index (χ4n) is 3.14. The van der Waals surface area contributed by atoms with Crippen LogP contribution in [0.25, 0.3) is 0 Å². The lowest BCUT2D eigenvalue weighted by molar-refractivity contribution is -0.132. The second-order valence-corrected chi connectivity index (χ2v) is 9.26. The number of carbonyl (C=O) groups is 1. The van der Waals surface area contributed by atoms with E-state index >= 15 is 0 Å². The molecule has 156 valence electrons. The summed E-state index contributed by atoms with van der Waals surface area (Å²) in [5, 5.41) is 0. The van der Waals surface area contributed by atoms with Crippen LogP contribution in [0.1, 0.15) is 36.0 Å². The fourth-order valence-corrected chi connectivity index (χ4v) is 4.25. The van der Waals surface area contributed by atoms with Crippen molar-refractivity contribution in [1.82, 2.24) is 9.62 Å². The Kier molecular flexibility index (Phi) is 6.59. The van der Waals surface area contributed by atoms with Crippen LogP contribution < -0.4 is 9.46 Å². The van der Waals surface area contributed by atoms with Crippen molar-refractivity contribution in [1.29, 1.82) is 0 Å². The van der Waals surface area contributed by atoms with Crippen LogP contribution in [0.2, 0.25) is 0 Å². The summed E-state index contributed by atoms with van der Waals surface area (Å²) in [6.07, 6.45) is 2.13. The number of ether oxygens (including phenoxy) is 1. The molecular weight excluding hydrogens is 388 g/mol. The number of nitrogens with zero attached hydrogens (tertiary/aromatic N) is 1. The number of benzene rings is 2. The molecule has 3 rings (SSSR count). The fraction of sp³-hybridized carbons (Fsp3) is 0.409. The predicted molar refractivity (Wildman–Crippen MR) is 112 cm³/mol. The third-order valence-electron chi connectivity index (χ3n) is 5.24. The number of nitrogens with one attached hydrogen (secondary N) is 1. The van der Waals surface area contributed by atoms with E-state index < -0.39 is 10.0 Å². The Morgan fingerprint density at radius 1 is 1.10 bits per heavy atom. The highest BCUT2D eigenvalue weighted by molar-refractivity contribution is 7.89. The van der Waals surface area contributed by atoms with E-state index in [-0.39, 0.29) is 29.8 Å². The lowest BCUT2D eigenvalue weighted by atomic mass is 10.1. The molecule has 1 aliphatic carbocycles. The lowest BCUT2D eigenvalue weighted by Gasteiger charge is -2.23. The van der Waals surface area contributed by atoms with Gasteiger partial charge in [-0.05, 0) is 67.6 Å². The Hall–Kier alpha value is -2.38. The number of carbonyl (C=O) groups excluding carboxylic acids is 1. The highest BCUT2D eigenvalue weighted by Gasteiger charge is 2.32. The predicted octanol–water partition coefficient (Wildman–Crippen LogP) is 3.17. The summed E-state index contributed by atoms with van der Waals surface area (Å²) < 4.78 is 32.7. The van der Waals surface area contributed by atoms with E-state index in [1.165, 1.54) is 0 Å². The second kappa shape index (κ2) is 8.97. The first-order valence-electron chi connectivity index (χ1n) is 9.79. The molecule has 0 saturated heterocycles. The Morgan fingerprint density at radius 2 is 1.79 bits per heavy atom. The lowest BCUT2D eigenvalue weighted by Crippen LogP contribution is -2.35. The molecule has 1 saturated carbocycles. The first kappa shape index (κ1) is 21.3. The van der Waals surface area contributed by atoms with Crippen molar-refractivity contribution in [2.75, 3.05) is 13.7 Å². The summed E-state index contributed by atoms with van der Waals surface area (Å²) in [5.41, 5.74) is 2.99. The normalized spacial score (nSPS) is 13.9. The quantitative estimate of drug-likeness (QED) is 0.681. The van der Waals surface area contributed by atoms with Gasteiger partial charge in [0, 0.05) is 25.6 Å². The van der Waals surface area contributed by atoms with Crippen molar-refractivity contribution in [2.45, 2.75) is 50.6 Å². The van der Waals surface area contributed by atoms with E-state index in [9.17, 15) is 13.2 Å². The smallest absolute Gasteiger partial charge is 0.240 e. The van der Waals surface area contributed by atoms with Gasteiger partial charge in [0.25, 0.3) is 0 Å². The van der Waals surface area contributed by atoms with E-state index in [0.717, 1.165) is 35.3 Å². The molecule has 1 amide bonds. The molecule has 0 aliphatic heterocycles. The number of sulfonamides is 1. The number of amides is 1. The van der Waals surface area contributed by atoms with Crippen molar-refractivity contribution >= 4 is 15.9 Å². The summed E-state index contributed by atoms with van der Waals surface area (Å²) in [6, 6.07) is 12.9. The van der Waals surface area contributed by atoms with E-state index in [1.54, 1.807) is 25.3 Å². The average molecular weight is 417 g/mol. The van der Waals surface area contributed by atoms with Crippen molar-refractivity contribution in [3.05, 3.63) is 59.2 Å². The van der Waals surface area contributed by atoms with Gasteiger partial charge in [0.2, 0.25) is 15.9 Å². The number of rotatable bonds is 9. The molecule has 0 spiro atoms. The SMILES string of the molecule is COc1ccc(CN(C(=O)CCNS(=O)(=O)c2ccc(C)c(C)c2)C2CC2)cc1. The van der Waals surface area contributed by atoms with Crippen molar-refractivity contribution in [3.63, 3.8) is 0 Å². The van der Waals surface area contributed by atoms with Gasteiger partial charge in [-0.15, -0.1) is 0 Å². The molecule has 7 heteroatoms. The Labute approximate surface area is 172 Å². The third kappa shape index (κ3) is 5.58. The van der Waals surface area contributed by atoms with Gasteiger partial charge < -0.3 is 9.64 Å². The second-order valence-electron chi connectivity index (χ2n) is 7.49. The van der Waals surface area contributed by atoms with E-state index in [2.05, 4.69) is 4.72 Å². The van der Waals surface area contributed by atoms with Crippen molar-refractivity contribution in [3.8, 4) is 5.75 Å². The Bertz CT molecular complexity index is 967. The van der Waals surface area contributed by atoms with Crippen LogP contribution in [-0.2, 0) is 21.4 Å². The van der Waals surface area contributed by atoms with Gasteiger partial charge in [0.15, 0.2) is 0 Å². The molecule has 1 fully saturated rings. The van der Waals surface area contributed by atoms with Gasteiger partial charge in [0.05, 0.1) is 12.0 Å². The molecule has 0 bridgehead atoms. The minimum atomic E-state index is -3.63. The molecule has 1 aliphatic rings. The topological polar surface area (TPSA) is 75.7 Å². The third-order valence-corrected chi connectivity index (χ3v) is 6.70. The number of hydrogen-bond acceptors (Lipinski definition) is 4. The van der Waals surface area contributed by atoms with Crippen LogP contribution >= 0.6 is 0 Å². The molecular formula is C22H28N2O4S. The molecule has 0 heterocycles. The number of aryl methyl sites for hydroxylation is 2. The highest BCUT2D eigenvalue weighted by atomic mass is 32.2. The molecule has 0 unspecified atom stereocenters. The van der Waals surface area contributed by atoms with Gasteiger partial charge in [-0.25, -0.2) is 13.1 Å². The summed E-state index contributed by atoms with van der Waals surface area (Å²) in [5.74, 6) is 0.741. The van der Waals surface area contributed by atoms with Gasteiger partial charge in [-0.3, -0.25) is 4.79 Å². The summed E-state index contributed by atoms with van der Waals surface area (Å²) in [6.45, 7) is 4.43. The zero-order chi connectivity index (χ0) is 21.0. The first-order valence-corrected chi connectivity index (χ1v) is 11.3. The molecule has 0 aromatic heterocycles. The van der Waals surface area contributed by atoms with Crippen LogP contribution in [0, 0.1) is 13.8 Å². The van der Waals surface area contributed by atoms with Crippen molar-refractivity contribution < 1.29 is 17.9 Å². The largest absolute Gasteiger partial charge is 0.497 e. The summed E-state index contributed by atoms with van der Waals surface area (Å²) >= 11 is 0. The summed E-state index contributed by atoms with van der Waals surface area (Å²) in [4.78, 5) is 14.8. The molecule has 2 aromatic carbocycles. The highest BCUT2D eigenvalue weighted by Crippen LogP contribution is 2.29. The van der Waals surface area contributed by atoms with Gasteiger partial charge in [-0.1, -0.05) is 18.2 Å². The van der Waals surface area contributed by atoms with Crippen LogP contribution in [0.4, 0.5) is 0 Å². The first-order chi connectivity index (χ1) is 13.8. The molecule has 0 radical (unpaired) electrons. The van der Waals surface area contributed by atoms with Gasteiger partial charge >= 0.3 is 0 Å². The van der Waals surface area contributed by atoms with Crippen LogP contribution in [0.5, 0.6) is 5.75 Å². The van der Waals surface area contributed by atoms with Crippen LogP contribution in [0.3, 0.4) is 0 Å². The zero-order valence-electron chi connectivity index (χ0n) is 17.1. The monoisotopic (exact) mass is 416 g/mol.